The van der Waals surface area contributed by atoms with E-state index >= 15 is 0 Å². The molecule has 4 aromatic rings. The number of benzene rings is 3. The van der Waals surface area contributed by atoms with Crippen LogP contribution in [0.25, 0.3) is 17.1 Å². The predicted octanol–water partition coefficient (Wildman–Crippen LogP) is 5.68. The van der Waals surface area contributed by atoms with Gasteiger partial charge in [-0.2, -0.15) is 0 Å². The molecule has 0 spiro atoms. The predicted molar refractivity (Wildman–Crippen MR) is 133 cm³/mol. The highest BCUT2D eigenvalue weighted by atomic mass is 32.2. The standard InChI is InChI=1S/C26H26N4O2S/c1-4-32-23-14-11-21(12-15-23)27-24(31)17-33-26-29-28-25(20-8-6-5-7-9-20)30(26)22-13-10-18(2)19(3)16-22/h5-16H,4,17H2,1-3H3,(H,27,31). The van der Waals surface area contributed by atoms with Crippen LogP contribution in [-0.4, -0.2) is 33.0 Å². The van der Waals surface area contributed by atoms with Crippen molar-refractivity contribution < 1.29 is 9.53 Å². The maximum Gasteiger partial charge on any atom is 0.234 e. The molecule has 1 amide bonds. The minimum absolute atomic E-state index is 0.111. The lowest BCUT2D eigenvalue weighted by Crippen LogP contribution is -2.14. The first-order valence-electron chi connectivity index (χ1n) is 10.8. The summed E-state index contributed by atoms with van der Waals surface area (Å²) in [6.07, 6.45) is 0. The number of aryl methyl sites for hydroxylation is 2. The van der Waals surface area contributed by atoms with Gasteiger partial charge in [-0.3, -0.25) is 9.36 Å². The first-order chi connectivity index (χ1) is 16.0. The fraction of sp³-hybridized carbons (Fsp3) is 0.192. The fourth-order valence-corrected chi connectivity index (χ4v) is 4.12. The van der Waals surface area contributed by atoms with E-state index in [-0.39, 0.29) is 11.7 Å². The van der Waals surface area contributed by atoms with Crippen LogP contribution >= 0.6 is 11.8 Å². The summed E-state index contributed by atoms with van der Waals surface area (Å²) in [5, 5.41) is 12.5. The van der Waals surface area contributed by atoms with Gasteiger partial charge in [0.1, 0.15) is 5.75 Å². The third-order valence-electron chi connectivity index (χ3n) is 5.20. The molecule has 0 aliphatic rings. The summed E-state index contributed by atoms with van der Waals surface area (Å²) < 4.78 is 7.46. The van der Waals surface area contributed by atoms with E-state index in [2.05, 4.69) is 47.6 Å². The average Bonchev–Trinajstić information content (AvgIpc) is 3.25. The van der Waals surface area contributed by atoms with E-state index in [1.165, 1.54) is 22.9 Å². The van der Waals surface area contributed by atoms with Crippen molar-refractivity contribution in [2.75, 3.05) is 17.7 Å². The van der Waals surface area contributed by atoms with Gasteiger partial charge in [0.2, 0.25) is 5.91 Å². The molecule has 0 radical (unpaired) electrons. The molecule has 168 valence electrons. The average molecular weight is 459 g/mol. The van der Waals surface area contributed by atoms with Gasteiger partial charge in [-0.05, 0) is 68.3 Å². The number of amides is 1. The van der Waals surface area contributed by atoms with E-state index in [4.69, 9.17) is 4.74 Å². The SMILES string of the molecule is CCOc1ccc(NC(=O)CSc2nnc(-c3ccccc3)n2-c2ccc(C)c(C)c2)cc1. The van der Waals surface area contributed by atoms with Crippen molar-refractivity contribution in [1.29, 1.82) is 0 Å². The summed E-state index contributed by atoms with van der Waals surface area (Å²) in [6.45, 7) is 6.72. The Bertz CT molecular complexity index is 1240. The van der Waals surface area contributed by atoms with Crippen LogP contribution < -0.4 is 10.1 Å². The molecule has 0 bridgehead atoms. The fourth-order valence-electron chi connectivity index (χ4n) is 3.36. The molecule has 6 nitrogen and oxygen atoms in total. The molecule has 0 aliphatic carbocycles. The first kappa shape index (κ1) is 22.6. The summed E-state index contributed by atoms with van der Waals surface area (Å²) in [5.41, 5.74) is 5.07. The van der Waals surface area contributed by atoms with Gasteiger partial charge in [-0.25, -0.2) is 0 Å². The highest BCUT2D eigenvalue weighted by Gasteiger charge is 2.17. The normalized spacial score (nSPS) is 10.8. The molecule has 1 heterocycles. The Balaban J connectivity index is 1.55. The third-order valence-corrected chi connectivity index (χ3v) is 6.12. The van der Waals surface area contributed by atoms with Crippen molar-refractivity contribution >= 4 is 23.4 Å². The van der Waals surface area contributed by atoms with Crippen LogP contribution in [0.2, 0.25) is 0 Å². The monoisotopic (exact) mass is 458 g/mol. The topological polar surface area (TPSA) is 69.0 Å². The van der Waals surface area contributed by atoms with E-state index in [9.17, 15) is 4.79 Å². The Hall–Kier alpha value is -3.58. The van der Waals surface area contributed by atoms with Crippen molar-refractivity contribution in [1.82, 2.24) is 14.8 Å². The molecule has 33 heavy (non-hydrogen) atoms. The Morgan fingerprint density at radius 1 is 0.970 bits per heavy atom. The van der Waals surface area contributed by atoms with Crippen molar-refractivity contribution in [3.8, 4) is 22.8 Å². The largest absolute Gasteiger partial charge is 0.494 e. The van der Waals surface area contributed by atoms with Gasteiger partial charge < -0.3 is 10.1 Å². The second-order valence-corrected chi connectivity index (χ2v) is 8.51. The lowest BCUT2D eigenvalue weighted by Gasteiger charge is -2.12. The molecule has 7 heteroatoms. The van der Waals surface area contributed by atoms with Gasteiger partial charge in [0, 0.05) is 11.3 Å². The first-order valence-corrected chi connectivity index (χ1v) is 11.8. The van der Waals surface area contributed by atoms with Crippen LogP contribution in [0.5, 0.6) is 5.75 Å². The second kappa shape index (κ2) is 10.4. The zero-order valence-electron chi connectivity index (χ0n) is 18.9. The summed E-state index contributed by atoms with van der Waals surface area (Å²) in [4.78, 5) is 12.6. The Morgan fingerprint density at radius 3 is 2.42 bits per heavy atom. The van der Waals surface area contributed by atoms with E-state index in [0.717, 1.165) is 28.5 Å². The third kappa shape index (κ3) is 5.43. The van der Waals surface area contributed by atoms with Crippen LogP contribution in [0.15, 0.2) is 78.0 Å². The molecular formula is C26H26N4O2S. The maximum atomic E-state index is 12.6. The number of thioether (sulfide) groups is 1. The van der Waals surface area contributed by atoms with Crippen molar-refractivity contribution in [2.45, 2.75) is 25.9 Å². The number of hydrogen-bond acceptors (Lipinski definition) is 5. The zero-order chi connectivity index (χ0) is 23.2. The number of ether oxygens (including phenoxy) is 1. The van der Waals surface area contributed by atoms with E-state index in [1.807, 2.05) is 66.1 Å². The number of nitrogens with zero attached hydrogens (tertiary/aromatic N) is 3. The molecule has 0 fully saturated rings. The number of carbonyl (C=O) groups excluding carboxylic acids is 1. The smallest absolute Gasteiger partial charge is 0.234 e. The number of aromatic nitrogens is 3. The van der Waals surface area contributed by atoms with Gasteiger partial charge in [-0.15, -0.1) is 10.2 Å². The summed E-state index contributed by atoms with van der Waals surface area (Å²) in [7, 11) is 0. The highest BCUT2D eigenvalue weighted by molar-refractivity contribution is 7.99. The number of nitrogens with one attached hydrogen (secondary N) is 1. The molecule has 1 aromatic heterocycles. The van der Waals surface area contributed by atoms with Crippen molar-refractivity contribution in [2.24, 2.45) is 0 Å². The van der Waals surface area contributed by atoms with Crippen LogP contribution in [0.1, 0.15) is 18.1 Å². The van der Waals surface area contributed by atoms with E-state index in [1.54, 1.807) is 0 Å². The zero-order valence-corrected chi connectivity index (χ0v) is 19.7. The lowest BCUT2D eigenvalue weighted by molar-refractivity contribution is -0.113. The van der Waals surface area contributed by atoms with Gasteiger partial charge in [0.05, 0.1) is 18.0 Å². The molecule has 0 unspecified atom stereocenters. The molecule has 0 saturated carbocycles. The van der Waals surface area contributed by atoms with Gasteiger partial charge >= 0.3 is 0 Å². The van der Waals surface area contributed by atoms with Crippen LogP contribution in [-0.2, 0) is 4.79 Å². The van der Waals surface area contributed by atoms with Crippen LogP contribution in [0.4, 0.5) is 5.69 Å². The molecule has 0 saturated heterocycles. The Kier molecular flexibility index (Phi) is 7.10. The lowest BCUT2D eigenvalue weighted by atomic mass is 10.1. The molecule has 0 aliphatic heterocycles. The summed E-state index contributed by atoms with van der Waals surface area (Å²) in [6, 6.07) is 23.6. The molecule has 3 aromatic carbocycles. The van der Waals surface area contributed by atoms with Crippen LogP contribution in [0, 0.1) is 13.8 Å². The summed E-state index contributed by atoms with van der Waals surface area (Å²) in [5.74, 6) is 1.62. The van der Waals surface area contributed by atoms with E-state index < -0.39 is 0 Å². The molecule has 0 atom stereocenters. The number of anilines is 1. The van der Waals surface area contributed by atoms with Gasteiger partial charge in [0.25, 0.3) is 0 Å². The van der Waals surface area contributed by atoms with Gasteiger partial charge in [-0.1, -0.05) is 48.2 Å². The number of carbonyl (C=O) groups is 1. The molecule has 4 rings (SSSR count). The number of rotatable bonds is 8. The molecular weight excluding hydrogens is 432 g/mol. The van der Waals surface area contributed by atoms with Crippen molar-refractivity contribution in [3.05, 3.63) is 83.9 Å². The summed E-state index contributed by atoms with van der Waals surface area (Å²) >= 11 is 1.36. The second-order valence-electron chi connectivity index (χ2n) is 7.57. The van der Waals surface area contributed by atoms with Crippen LogP contribution in [0.3, 0.4) is 0 Å². The quantitative estimate of drug-likeness (QED) is 0.344. The number of hydrogen-bond donors (Lipinski definition) is 1. The van der Waals surface area contributed by atoms with Gasteiger partial charge in [0.15, 0.2) is 11.0 Å². The molecule has 1 N–H and O–H groups in total. The Labute approximate surface area is 198 Å². The maximum absolute atomic E-state index is 12.6. The van der Waals surface area contributed by atoms with Crippen molar-refractivity contribution in [3.63, 3.8) is 0 Å². The minimum atomic E-state index is -0.111. The van der Waals surface area contributed by atoms with E-state index in [0.29, 0.717) is 11.8 Å². The highest BCUT2D eigenvalue weighted by Crippen LogP contribution is 2.29. The Morgan fingerprint density at radius 2 is 1.73 bits per heavy atom. The minimum Gasteiger partial charge on any atom is -0.494 e.